The zero-order valence-corrected chi connectivity index (χ0v) is 17.3. The third kappa shape index (κ3) is 3.05. The Bertz CT molecular complexity index is 1240. The molecule has 1 saturated carbocycles. The van der Waals surface area contributed by atoms with Gasteiger partial charge in [-0.25, -0.2) is 9.38 Å². The van der Waals surface area contributed by atoms with Crippen LogP contribution < -0.4 is 4.90 Å². The number of aromatic nitrogens is 4. The van der Waals surface area contributed by atoms with Gasteiger partial charge in [-0.3, -0.25) is 4.79 Å². The van der Waals surface area contributed by atoms with E-state index in [0.29, 0.717) is 24.0 Å². The first-order valence-electron chi connectivity index (χ1n) is 11.0. The molecule has 2 fully saturated rings. The van der Waals surface area contributed by atoms with Crippen LogP contribution in [0.4, 0.5) is 5.95 Å². The van der Waals surface area contributed by atoms with E-state index in [1.807, 2.05) is 45.7 Å². The lowest BCUT2D eigenvalue weighted by atomic mass is 9.84. The number of carbonyl (C=O) groups excluding carboxylic acids is 1. The Morgan fingerprint density at radius 1 is 0.968 bits per heavy atom. The zero-order valence-electron chi connectivity index (χ0n) is 17.3. The molecule has 0 bridgehead atoms. The summed E-state index contributed by atoms with van der Waals surface area (Å²) in [4.78, 5) is 22.1. The molecule has 1 aliphatic heterocycles. The van der Waals surface area contributed by atoms with Gasteiger partial charge in [0.2, 0.25) is 17.7 Å². The molecule has 4 aromatic rings. The molecule has 2 aliphatic rings. The zero-order chi connectivity index (χ0) is 20.8. The number of amides is 1. The van der Waals surface area contributed by atoms with Crippen LogP contribution in [0.1, 0.15) is 25.7 Å². The summed E-state index contributed by atoms with van der Waals surface area (Å²) >= 11 is 0. The molecule has 1 amide bonds. The minimum Gasteiger partial charge on any atom is -0.461 e. The van der Waals surface area contributed by atoms with E-state index in [0.717, 1.165) is 61.4 Å². The van der Waals surface area contributed by atoms with Crippen LogP contribution in [0.25, 0.3) is 28.1 Å². The molecular weight excluding hydrogens is 392 g/mol. The minimum absolute atomic E-state index is 0.237. The maximum Gasteiger partial charge on any atom is 0.225 e. The summed E-state index contributed by atoms with van der Waals surface area (Å²) in [6.45, 7) is 3.07. The average Bonchev–Trinajstić information content (AvgIpc) is 3.36. The SMILES string of the molecule is O=C(C1CCC1)N1CCCN(c2nc3ccccc3c3nnc(-c4ccco4)n23)CC1. The van der Waals surface area contributed by atoms with Crippen LogP contribution >= 0.6 is 0 Å². The normalized spacial score (nSPS) is 17.8. The number of para-hydroxylation sites is 1. The number of hydrogen-bond acceptors (Lipinski definition) is 6. The van der Waals surface area contributed by atoms with Crippen molar-refractivity contribution >= 4 is 28.4 Å². The van der Waals surface area contributed by atoms with Gasteiger partial charge < -0.3 is 14.2 Å². The fourth-order valence-electron chi connectivity index (χ4n) is 4.59. The van der Waals surface area contributed by atoms with Crippen molar-refractivity contribution in [3.8, 4) is 11.6 Å². The highest BCUT2D eigenvalue weighted by atomic mass is 16.3. The van der Waals surface area contributed by atoms with Crippen molar-refractivity contribution in [1.82, 2.24) is 24.5 Å². The van der Waals surface area contributed by atoms with Gasteiger partial charge in [0, 0.05) is 37.5 Å². The Morgan fingerprint density at radius 2 is 1.87 bits per heavy atom. The maximum atomic E-state index is 12.8. The second-order valence-electron chi connectivity index (χ2n) is 8.38. The van der Waals surface area contributed by atoms with Crippen LogP contribution in [0.15, 0.2) is 47.1 Å². The van der Waals surface area contributed by atoms with Crippen molar-refractivity contribution in [3.05, 3.63) is 42.7 Å². The standard InChI is InChI=1S/C23H24N6O2/c30-22(16-6-3-7-16)27-11-5-12-28(14-13-27)23-24-18-9-2-1-8-17(18)20-25-26-21(29(20)23)19-10-4-15-31-19/h1-2,4,8-10,15-16H,3,5-7,11-14H2. The smallest absolute Gasteiger partial charge is 0.225 e. The van der Waals surface area contributed by atoms with Gasteiger partial charge in [-0.1, -0.05) is 18.6 Å². The van der Waals surface area contributed by atoms with Crippen molar-refractivity contribution in [1.29, 1.82) is 0 Å². The summed E-state index contributed by atoms with van der Waals surface area (Å²) in [7, 11) is 0. The molecular formula is C23H24N6O2. The molecule has 8 nitrogen and oxygen atoms in total. The van der Waals surface area contributed by atoms with Gasteiger partial charge in [0.15, 0.2) is 11.4 Å². The highest BCUT2D eigenvalue weighted by molar-refractivity contribution is 5.93. The lowest BCUT2D eigenvalue weighted by Gasteiger charge is -2.31. The summed E-state index contributed by atoms with van der Waals surface area (Å²) in [6.07, 6.45) is 5.81. The molecule has 0 spiro atoms. The van der Waals surface area contributed by atoms with E-state index in [-0.39, 0.29) is 5.92 Å². The van der Waals surface area contributed by atoms with Gasteiger partial charge in [-0.05, 0) is 43.5 Å². The van der Waals surface area contributed by atoms with Crippen LogP contribution in [0.2, 0.25) is 0 Å². The van der Waals surface area contributed by atoms with Crippen LogP contribution in [-0.4, -0.2) is 56.6 Å². The van der Waals surface area contributed by atoms with E-state index in [2.05, 4.69) is 15.1 Å². The fraction of sp³-hybridized carbons (Fsp3) is 0.391. The third-order valence-corrected chi connectivity index (χ3v) is 6.51. The molecule has 0 atom stereocenters. The van der Waals surface area contributed by atoms with E-state index in [4.69, 9.17) is 9.40 Å². The van der Waals surface area contributed by atoms with Crippen molar-refractivity contribution < 1.29 is 9.21 Å². The van der Waals surface area contributed by atoms with Crippen LogP contribution in [0.3, 0.4) is 0 Å². The van der Waals surface area contributed by atoms with Gasteiger partial charge >= 0.3 is 0 Å². The topological polar surface area (TPSA) is 79.8 Å². The monoisotopic (exact) mass is 416 g/mol. The molecule has 31 heavy (non-hydrogen) atoms. The highest BCUT2D eigenvalue weighted by Crippen LogP contribution is 2.31. The predicted molar refractivity (Wildman–Crippen MR) is 117 cm³/mol. The molecule has 1 saturated heterocycles. The average molecular weight is 416 g/mol. The maximum absolute atomic E-state index is 12.8. The summed E-state index contributed by atoms with van der Waals surface area (Å²) in [5.41, 5.74) is 1.65. The highest BCUT2D eigenvalue weighted by Gasteiger charge is 2.31. The first-order valence-corrected chi connectivity index (χ1v) is 11.0. The summed E-state index contributed by atoms with van der Waals surface area (Å²) in [5.74, 6) is 2.65. The summed E-state index contributed by atoms with van der Waals surface area (Å²) < 4.78 is 7.63. The van der Waals surface area contributed by atoms with Gasteiger partial charge in [0.25, 0.3) is 0 Å². The fourth-order valence-corrected chi connectivity index (χ4v) is 4.59. The number of benzene rings is 1. The second-order valence-corrected chi connectivity index (χ2v) is 8.38. The number of furan rings is 1. The predicted octanol–water partition coefficient (Wildman–Crippen LogP) is 3.38. The van der Waals surface area contributed by atoms with E-state index < -0.39 is 0 Å². The minimum atomic E-state index is 0.237. The van der Waals surface area contributed by atoms with E-state index in [9.17, 15) is 4.79 Å². The van der Waals surface area contributed by atoms with E-state index in [1.54, 1.807) is 6.26 Å². The lowest BCUT2D eigenvalue weighted by Crippen LogP contribution is -2.41. The van der Waals surface area contributed by atoms with E-state index in [1.165, 1.54) is 6.42 Å². The molecule has 3 aromatic heterocycles. The Morgan fingerprint density at radius 3 is 2.68 bits per heavy atom. The number of rotatable bonds is 3. The lowest BCUT2D eigenvalue weighted by molar-refractivity contribution is -0.137. The molecule has 1 aliphatic carbocycles. The van der Waals surface area contributed by atoms with Crippen molar-refractivity contribution in [2.45, 2.75) is 25.7 Å². The third-order valence-electron chi connectivity index (χ3n) is 6.51. The number of carbonyl (C=O) groups is 1. The molecule has 0 radical (unpaired) electrons. The Kier molecular flexibility index (Phi) is 4.36. The molecule has 8 heteroatoms. The Balaban J connectivity index is 1.42. The van der Waals surface area contributed by atoms with Crippen molar-refractivity contribution in [2.75, 3.05) is 31.1 Å². The van der Waals surface area contributed by atoms with Gasteiger partial charge in [-0.2, -0.15) is 0 Å². The largest absolute Gasteiger partial charge is 0.461 e. The molecule has 158 valence electrons. The first kappa shape index (κ1) is 18.4. The van der Waals surface area contributed by atoms with E-state index >= 15 is 0 Å². The Hall–Kier alpha value is -3.42. The summed E-state index contributed by atoms with van der Waals surface area (Å²) in [5, 5.41) is 9.88. The molecule has 4 heterocycles. The van der Waals surface area contributed by atoms with Gasteiger partial charge in [0.05, 0.1) is 11.8 Å². The van der Waals surface area contributed by atoms with Crippen LogP contribution in [0.5, 0.6) is 0 Å². The van der Waals surface area contributed by atoms with Crippen LogP contribution in [-0.2, 0) is 4.79 Å². The Labute approximate surface area is 179 Å². The van der Waals surface area contributed by atoms with Crippen molar-refractivity contribution in [2.24, 2.45) is 5.92 Å². The molecule has 0 N–H and O–H groups in total. The molecule has 6 rings (SSSR count). The second kappa shape index (κ2) is 7.37. The van der Waals surface area contributed by atoms with Gasteiger partial charge in [-0.15, -0.1) is 10.2 Å². The summed E-state index contributed by atoms with van der Waals surface area (Å²) in [6, 6.07) is 11.7. The number of fused-ring (bicyclic) bond motifs is 3. The molecule has 0 unspecified atom stereocenters. The van der Waals surface area contributed by atoms with Crippen LogP contribution in [0, 0.1) is 5.92 Å². The number of hydrogen-bond donors (Lipinski definition) is 0. The van der Waals surface area contributed by atoms with Gasteiger partial charge in [0.1, 0.15) is 0 Å². The van der Waals surface area contributed by atoms with Crippen molar-refractivity contribution in [3.63, 3.8) is 0 Å². The molecule has 1 aromatic carbocycles. The number of anilines is 1. The first-order chi connectivity index (χ1) is 15.3. The number of nitrogens with zero attached hydrogens (tertiary/aromatic N) is 6. The quantitative estimate of drug-likeness (QED) is 0.509.